The Balaban J connectivity index is 1.67. The lowest BCUT2D eigenvalue weighted by Crippen LogP contribution is -2.21. The van der Waals surface area contributed by atoms with Gasteiger partial charge in [-0.25, -0.2) is 5.43 Å². The number of fused-ring (bicyclic) bond motifs is 1. The van der Waals surface area contributed by atoms with Gasteiger partial charge in [0.1, 0.15) is 0 Å². The lowest BCUT2D eigenvalue weighted by atomic mass is 10.2. The van der Waals surface area contributed by atoms with Crippen molar-refractivity contribution in [2.75, 3.05) is 0 Å². The summed E-state index contributed by atoms with van der Waals surface area (Å²) in [6, 6.07) is 17.4. The van der Waals surface area contributed by atoms with Crippen molar-refractivity contribution in [1.82, 2.24) is 9.99 Å². The summed E-state index contributed by atoms with van der Waals surface area (Å²) < 4.78 is 2.02. The molecule has 0 aliphatic rings. The molecule has 3 rings (SSSR count). The fraction of sp³-hybridized carbons (Fsp3) is 0.111. The molecule has 0 radical (unpaired) electrons. The lowest BCUT2D eigenvalue weighted by molar-refractivity contribution is -0.120. The molecular weight excluding hydrogens is 310 g/mol. The average molecular weight is 326 g/mol. The van der Waals surface area contributed by atoms with Crippen LogP contribution in [0.15, 0.2) is 59.7 Å². The SMILES string of the molecule is Cn1c(CC(=O)N/N=C\c2ccccc2Cl)cc2ccccc21. The van der Waals surface area contributed by atoms with Gasteiger partial charge in [-0.3, -0.25) is 4.79 Å². The number of hydrogen-bond donors (Lipinski definition) is 1. The second-order valence-corrected chi connectivity index (χ2v) is 5.65. The third kappa shape index (κ3) is 3.43. The number of aromatic nitrogens is 1. The minimum absolute atomic E-state index is 0.167. The molecule has 0 saturated carbocycles. The summed E-state index contributed by atoms with van der Waals surface area (Å²) in [4.78, 5) is 12.0. The summed E-state index contributed by atoms with van der Waals surface area (Å²) in [5.41, 5.74) is 5.35. The van der Waals surface area contributed by atoms with E-state index in [9.17, 15) is 4.79 Å². The van der Waals surface area contributed by atoms with Gasteiger partial charge in [-0.2, -0.15) is 5.10 Å². The highest BCUT2D eigenvalue weighted by Gasteiger charge is 2.09. The number of hydrogen-bond acceptors (Lipinski definition) is 2. The highest BCUT2D eigenvalue weighted by molar-refractivity contribution is 6.33. The number of amides is 1. The molecule has 0 spiro atoms. The van der Waals surface area contributed by atoms with E-state index in [-0.39, 0.29) is 12.3 Å². The summed E-state index contributed by atoms with van der Waals surface area (Å²) in [6.07, 6.45) is 1.81. The second kappa shape index (κ2) is 6.67. The van der Waals surface area contributed by atoms with E-state index in [2.05, 4.69) is 10.5 Å². The van der Waals surface area contributed by atoms with Crippen molar-refractivity contribution in [2.45, 2.75) is 6.42 Å². The van der Waals surface area contributed by atoms with E-state index in [1.165, 1.54) is 0 Å². The standard InChI is InChI=1S/C18H16ClN3O/c1-22-15(10-13-6-3-5-9-17(13)22)11-18(23)21-20-12-14-7-2-4-8-16(14)19/h2-10,12H,11H2,1H3,(H,21,23)/b20-12-. The number of carbonyl (C=O) groups excluding carboxylic acids is 1. The van der Waals surface area contributed by atoms with E-state index < -0.39 is 0 Å². The third-order valence-corrected chi connectivity index (χ3v) is 4.04. The molecule has 0 unspecified atom stereocenters. The minimum atomic E-state index is -0.167. The molecule has 0 aliphatic carbocycles. The number of para-hydroxylation sites is 1. The highest BCUT2D eigenvalue weighted by Crippen LogP contribution is 2.18. The van der Waals surface area contributed by atoms with E-state index >= 15 is 0 Å². The molecule has 0 bridgehead atoms. The van der Waals surface area contributed by atoms with Crippen LogP contribution in [0.25, 0.3) is 10.9 Å². The number of nitrogens with one attached hydrogen (secondary N) is 1. The largest absolute Gasteiger partial charge is 0.347 e. The van der Waals surface area contributed by atoms with Gasteiger partial charge in [0.2, 0.25) is 5.91 Å². The van der Waals surface area contributed by atoms with Gasteiger partial charge in [0, 0.05) is 28.8 Å². The first kappa shape index (κ1) is 15.3. The maximum atomic E-state index is 12.0. The fourth-order valence-corrected chi connectivity index (χ4v) is 2.66. The zero-order valence-electron chi connectivity index (χ0n) is 12.7. The molecule has 0 aliphatic heterocycles. The molecule has 1 aromatic heterocycles. The number of nitrogens with zero attached hydrogens (tertiary/aromatic N) is 2. The summed E-state index contributed by atoms with van der Waals surface area (Å²) in [5.74, 6) is -0.167. The number of rotatable bonds is 4. The molecule has 23 heavy (non-hydrogen) atoms. The quantitative estimate of drug-likeness (QED) is 0.579. The van der Waals surface area contributed by atoms with Gasteiger partial charge in [-0.05, 0) is 23.6 Å². The lowest BCUT2D eigenvalue weighted by Gasteiger charge is -2.03. The van der Waals surface area contributed by atoms with Crippen LogP contribution >= 0.6 is 11.6 Å². The van der Waals surface area contributed by atoms with Crippen molar-refractivity contribution in [2.24, 2.45) is 12.1 Å². The van der Waals surface area contributed by atoms with Gasteiger partial charge in [-0.15, -0.1) is 0 Å². The average Bonchev–Trinajstić information content (AvgIpc) is 2.86. The zero-order chi connectivity index (χ0) is 16.2. The Kier molecular flexibility index (Phi) is 4.44. The Hall–Kier alpha value is -2.59. The maximum Gasteiger partial charge on any atom is 0.245 e. The van der Waals surface area contributed by atoms with Gasteiger partial charge in [0.25, 0.3) is 0 Å². The van der Waals surface area contributed by atoms with Crippen molar-refractivity contribution in [1.29, 1.82) is 0 Å². The number of aryl methyl sites for hydroxylation is 1. The molecule has 3 aromatic rings. The first-order chi connectivity index (χ1) is 11.1. The van der Waals surface area contributed by atoms with Gasteiger partial charge >= 0.3 is 0 Å². The monoisotopic (exact) mass is 325 g/mol. The van der Waals surface area contributed by atoms with E-state index in [1.54, 1.807) is 12.3 Å². The summed E-state index contributed by atoms with van der Waals surface area (Å²) >= 11 is 6.03. The smallest absolute Gasteiger partial charge is 0.245 e. The first-order valence-electron chi connectivity index (χ1n) is 7.25. The van der Waals surface area contributed by atoms with Crippen LogP contribution in [0.4, 0.5) is 0 Å². The Morgan fingerprint density at radius 2 is 1.96 bits per heavy atom. The highest BCUT2D eigenvalue weighted by atomic mass is 35.5. The molecule has 4 nitrogen and oxygen atoms in total. The van der Waals surface area contributed by atoms with Crippen molar-refractivity contribution >= 4 is 34.6 Å². The molecule has 2 aromatic carbocycles. The van der Waals surface area contributed by atoms with Crippen molar-refractivity contribution in [3.05, 3.63) is 70.9 Å². The van der Waals surface area contributed by atoms with Gasteiger partial charge in [0.15, 0.2) is 0 Å². The number of benzene rings is 2. The molecule has 1 heterocycles. The van der Waals surface area contributed by atoms with Crippen LogP contribution in [0, 0.1) is 0 Å². The Labute approximate surface area is 139 Å². The summed E-state index contributed by atoms with van der Waals surface area (Å²) in [6.45, 7) is 0. The van der Waals surface area contributed by atoms with Crippen LogP contribution in [0.1, 0.15) is 11.3 Å². The third-order valence-electron chi connectivity index (χ3n) is 3.69. The second-order valence-electron chi connectivity index (χ2n) is 5.24. The zero-order valence-corrected chi connectivity index (χ0v) is 13.4. The van der Waals surface area contributed by atoms with E-state index in [4.69, 9.17) is 11.6 Å². The Morgan fingerprint density at radius 3 is 2.74 bits per heavy atom. The predicted molar refractivity (Wildman–Crippen MR) is 93.8 cm³/mol. The van der Waals surface area contributed by atoms with Crippen LogP contribution in [0.2, 0.25) is 5.02 Å². The molecule has 0 fully saturated rings. The van der Waals surface area contributed by atoms with Crippen LogP contribution in [-0.4, -0.2) is 16.7 Å². The number of halogens is 1. The van der Waals surface area contributed by atoms with Crippen LogP contribution in [0.5, 0.6) is 0 Å². The Bertz CT molecular complexity index is 883. The van der Waals surface area contributed by atoms with Gasteiger partial charge < -0.3 is 4.57 Å². The maximum absolute atomic E-state index is 12.0. The van der Waals surface area contributed by atoms with Crippen molar-refractivity contribution in [3.8, 4) is 0 Å². The van der Waals surface area contributed by atoms with Crippen molar-refractivity contribution in [3.63, 3.8) is 0 Å². The number of hydrazone groups is 1. The normalized spacial score (nSPS) is 11.2. The van der Waals surface area contributed by atoms with Crippen LogP contribution in [0.3, 0.4) is 0 Å². The van der Waals surface area contributed by atoms with E-state index in [0.717, 1.165) is 22.2 Å². The molecular formula is C18H16ClN3O. The molecule has 1 N–H and O–H groups in total. The van der Waals surface area contributed by atoms with Crippen LogP contribution < -0.4 is 5.43 Å². The van der Waals surface area contributed by atoms with Gasteiger partial charge in [0.05, 0.1) is 12.6 Å². The minimum Gasteiger partial charge on any atom is -0.347 e. The van der Waals surface area contributed by atoms with E-state index in [1.807, 2.05) is 60.1 Å². The molecule has 5 heteroatoms. The molecule has 0 saturated heterocycles. The number of carbonyl (C=O) groups is 1. The molecule has 116 valence electrons. The Morgan fingerprint density at radius 1 is 1.22 bits per heavy atom. The topological polar surface area (TPSA) is 46.4 Å². The molecule has 1 amide bonds. The fourth-order valence-electron chi connectivity index (χ4n) is 2.47. The summed E-state index contributed by atoms with van der Waals surface area (Å²) in [5, 5.41) is 5.68. The van der Waals surface area contributed by atoms with Gasteiger partial charge in [-0.1, -0.05) is 48.0 Å². The summed E-state index contributed by atoms with van der Waals surface area (Å²) in [7, 11) is 1.96. The first-order valence-corrected chi connectivity index (χ1v) is 7.63. The van der Waals surface area contributed by atoms with Crippen molar-refractivity contribution < 1.29 is 4.79 Å². The van der Waals surface area contributed by atoms with Crippen LogP contribution in [-0.2, 0) is 18.3 Å². The molecule has 0 atom stereocenters. The predicted octanol–water partition coefficient (Wildman–Crippen LogP) is 3.52. The van der Waals surface area contributed by atoms with E-state index in [0.29, 0.717) is 5.02 Å².